The van der Waals surface area contributed by atoms with Crippen molar-refractivity contribution in [1.82, 2.24) is 31.9 Å². The van der Waals surface area contributed by atoms with Crippen molar-refractivity contribution in [2.24, 2.45) is 0 Å². The van der Waals surface area contributed by atoms with Crippen molar-refractivity contribution in [2.75, 3.05) is 24.7 Å². The van der Waals surface area contributed by atoms with Gasteiger partial charge in [0.25, 0.3) is 0 Å². The van der Waals surface area contributed by atoms with Crippen molar-refractivity contribution in [3.63, 3.8) is 0 Å². The summed E-state index contributed by atoms with van der Waals surface area (Å²) in [6, 6.07) is -10.2. The highest BCUT2D eigenvalue weighted by Gasteiger charge is 2.36. The number of hydrogen-bond acceptors (Lipinski definition) is 24. The number of carbonyl (C=O) groups excluding carboxylic acids is 10. The molecule has 0 aliphatic carbocycles. The molecule has 6 amide bonds. The summed E-state index contributed by atoms with van der Waals surface area (Å²) in [4.78, 5) is 133. The molecule has 0 unspecified atom stereocenters. The van der Waals surface area contributed by atoms with Crippen LogP contribution in [0, 0.1) is 0 Å². The predicted octanol–water partition coefficient (Wildman–Crippen LogP) is 2.66. The number of alkyl carbamates (subject to hydrolysis) is 2. The topological polar surface area (TPSA) is 425 Å². The standard InChI is InChI=1S/C48H84N6O24S4/c1-43(2,3)73-37(59)27(53-41(63)77-47(13,14)15)19-21-33(55)49-29(23-71-81(65,66)67)35(57)51-31(39(61)75-45(7,8)9)25-79-80-26-32(40(62)76-46(10,11)12)52-36(58)30(24-72-82(68,69)70)50-34(56)22-20-28(38(60)74-44(4,5)6)54-42(64)78-48(16,17)18/h27-32H,19-26H2,1-18H3,(H,49,55)(H,50,56)(H,51,57)(H,52,58)(H,53,63)(H,54,64)(H,65,66,67)(H,68,69,70)/t27-,28-,29-,30-,31-,32-/m0/s1. The fraction of sp³-hybridized carbons (Fsp3) is 0.792. The lowest BCUT2D eigenvalue weighted by Gasteiger charge is -2.27. The van der Waals surface area contributed by atoms with E-state index in [1.54, 1.807) is 83.1 Å². The van der Waals surface area contributed by atoms with Crippen LogP contribution in [0.25, 0.3) is 0 Å². The van der Waals surface area contributed by atoms with Gasteiger partial charge < -0.3 is 60.3 Å². The van der Waals surface area contributed by atoms with Crippen molar-refractivity contribution < 1.29 is 111 Å². The number of ether oxygens (including phenoxy) is 6. The first kappa shape index (κ1) is 76.7. The van der Waals surface area contributed by atoms with E-state index in [1.807, 2.05) is 0 Å². The van der Waals surface area contributed by atoms with Gasteiger partial charge in [0, 0.05) is 24.3 Å². The Labute approximate surface area is 487 Å². The summed E-state index contributed by atoms with van der Waals surface area (Å²) in [5.41, 5.74) is -6.41. The van der Waals surface area contributed by atoms with Gasteiger partial charge in [0.1, 0.15) is 69.9 Å². The quantitative estimate of drug-likeness (QED) is 0.0175. The third-order valence-corrected chi connectivity index (χ3v) is 12.0. The van der Waals surface area contributed by atoms with E-state index in [9.17, 15) is 73.9 Å². The smallest absolute Gasteiger partial charge is 0.408 e. The third-order valence-electron chi connectivity index (χ3n) is 8.72. The first-order chi connectivity index (χ1) is 36.7. The number of rotatable bonds is 29. The van der Waals surface area contributed by atoms with Crippen LogP contribution in [-0.4, -0.2) is 180 Å². The molecule has 30 nitrogen and oxygen atoms in total. The average molecular weight is 1260 g/mol. The molecule has 34 heteroatoms. The van der Waals surface area contributed by atoms with Crippen LogP contribution < -0.4 is 31.9 Å². The molecule has 6 atom stereocenters. The van der Waals surface area contributed by atoms with E-state index in [0.717, 1.165) is 21.6 Å². The van der Waals surface area contributed by atoms with Crippen molar-refractivity contribution >= 4 is 102 Å². The average Bonchev–Trinajstić information content (AvgIpc) is 3.22. The van der Waals surface area contributed by atoms with Crippen LogP contribution in [-0.2, 0) is 95.9 Å². The van der Waals surface area contributed by atoms with E-state index in [1.165, 1.54) is 41.5 Å². The summed E-state index contributed by atoms with van der Waals surface area (Å²) in [7, 11) is -8.94. The zero-order valence-electron chi connectivity index (χ0n) is 49.6. The van der Waals surface area contributed by atoms with Crippen LogP contribution in [0.4, 0.5) is 9.59 Å². The summed E-state index contributed by atoms with van der Waals surface area (Å²) >= 11 is 0. The van der Waals surface area contributed by atoms with Crippen LogP contribution in [0.5, 0.6) is 0 Å². The molecule has 8 N–H and O–H groups in total. The lowest BCUT2D eigenvalue weighted by Crippen LogP contribution is -2.55. The molecule has 0 saturated carbocycles. The monoisotopic (exact) mass is 1260 g/mol. The molecule has 0 rings (SSSR count). The van der Waals surface area contributed by atoms with Gasteiger partial charge in [-0.15, -0.1) is 0 Å². The van der Waals surface area contributed by atoms with Crippen molar-refractivity contribution in [3.8, 4) is 0 Å². The zero-order valence-corrected chi connectivity index (χ0v) is 52.9. The Kier molecular flexibility index (Phi) is 30.1. The number of esters is 4. The first-order valence-corrected chi connectivity index (χ1v) is 30.5. The summed E-state index contributed by atoms with van der Waals surface area (Å²) in [6.07, 6.45) is -4.22. The molecule has 0 spiro atoms. The van der Waals surface area contributed by atoms with Gasteiger partial charge in [-0.2, -0.15) is 16.8 Å². The largest absolute Gasteiger partial charge is 0.458 e. The van der Waals surface area contributed by atoms with Gasteiger partial charge >= 0.3 is 56.9 Å². The molecule has 0 fully saturated rings. The van der Waals surface area contributed by atoms with E-state index < -0.39 is 201 Å². The molecule has 0 radical (unpaired) electrons. The normalized spacial score (nSPS) is 14.8. The number of hydrogen-bond donors (Lipinski definition) is 8. The highest BCUT2D eigenvalue weighted by atomic mass is 33.1. The first-order valence-electron chi connectivity index (χ1n) is 25.3. The zero-order chi connectivity index (χ0) is 64.2. The minimum absolute atomic E-state index is 0.429. The van der Waals surface area contributed by atoms with Crippen LogP contribution >= 0.6 is 21.6 Å². The maximum absolute atomic E-state index is 13.8. The summed E-state index contributed by atoms with van der Waals surface area (Å²) in [6.45, 7) is 25.2. The molecule has 82 heavy (non-hydrogen) atoms. The fourth-order valence-electron chi connectivity index (χ4n) is 5.76. The van der Waals surface area contributed by atoms with Gasteiger partial charge in [-0.1, -0.05) is 21.6 Å². The number of nitrogens with one attached hydrogen (secondary N) is 6. The molecule has 0 bridgehead atoms. The van der Waals surface area contributed by atoms with Crippen molar-refractivity contribution in [3.05, 3.63) is 0 Å². The Morgan fingerprint density at radius 2 is 0.610 bits per heavy atom. The highest BCUT2D eigenvalue weighted by molar-refractivity contribution is 8.76. The Bertz CT molecular complexity index is 2290. The second kappa shape index (κ2) is 32.1. The van der Waals surface area contributed by atoms with Gasteiger partial charge in [-0.3, -0.25) is 28.3 Å². The fourth-order valence-corrected chi connectivity index (χ4v) is 8.67. The molecule has 474 valence electrons. The van der Waals surface area contributed by atoms with Gasteiger partial charge in [0.15, 0.2) is 0 Å². The minimum Gasteiger partial charge on any atom is -0.458 e. The Morgan fingerprint density at radius 3 is 0.841 bits per heavy atom. The van der Waals surface area contributed by atoms with E-state index in [4.69, 9.17) is 28.4 Å². The second-order valence-electron chi connectivity index (χ2n) is 24.0. The molecule has 0 heterocycles. The number of carbonyl (C=O) groups is 10. The van der Waals surface area contributed by atoms with Crippen LogP contribution in [0.15, 0.2) is 0 Å². The van der Waals surface area contributed by atoms with Gasteiger partial charge in [-0.25, -0.2) is 37.1 Å². The van der Waals surface area contributed by atoms with Crippen molar-refractivity contribution in [2.45, 2.75) is 220 Å². The molecule has 0 aromatic heterocycles. The van der Waals surface area contributed by atoms with Gasteiger partial charge in [0.05, 0.1) is 13.2 Å². The Balaban J connectivity index is 6.74. The van der Waals surface area contributed by atoms with E-state index in [2.05, 4.69) is 40.3 Å². The molecular formula is C48H84N6O24S4. The summed E-state index contributed by atoms with van der Waals surface area (Å²) in [5, 5.41) is 13.7. The molecule has 0 aliphatic heterocycles. The van der Waals surface area contributed by atoms with E-state index in [-0.39, 0.29) is 0 Å². The lowest BCUT2D eigenvalue weighted by atomic mass is 10.1. The lowest BCUT2D eigenvalue weighted by molar-refractivity contribution is -0.159. The minimum atomic E-state index is -5.26. The maximum Gasteiger partial charge on any atom is 0.408 e. The van der Waals surface area contributed by atoms with Gasteiger partial charge in [-0.05, 0) is 137 Å². The van der Waals surface area contributed by atoms with E-state index >= 15 is 0 Å². The Morgan fingerprint density at radius 1 is 0.366 bits per heavy atom. The summed E-state index contributed by atoms with van der Waals surface area (Å²) in [5.74, 6) is -9.52. The van der Waals surface area contributed by atoms with Gasteiger partial charge in [0.2, 0.25) is 23.6 Å². The second-order valence-corrected chi connectivity index (χ2v) is 28.7. The summed E-state index contributed by atoms with van der Waals surface area (Å²) < 4.78 is 106. The SMILES string of the molecule is CC(C)(C)OC(=O)N[C@@H](CCC(=O)N[C@@H](COS(=O)(=O)O)C(=O)N[C@@H](CSSC[C@H](NC(=O)[C@H](COS(=O)(=O)O)NC(=O)CC[C@H](NC(=O)OC(C)(C)C)C(=O)OC(C)(C)C)C(=O)OC(C)(C)C)C(=O)OC(C)(C)C)C(=O)OC(C)(C)C. The van der Waals surface area contributed by atoms with Crippen molar-refractivity contribution in [1.29, 1.82) is 0 Å². The molecular weight excluding hydrogens is 1170 g/mol. The molecule has 0 aromatic rings. The van der Waals surface area contributed by atoms with Crippen LogP contribution in [0.3, 0.4) is 0 Å². The van der Waals surface area contributed by atoms with Crippen LogP contribution in [0.1, 0.15) is 150 Å². The predicted molar refractivity (Wildman–Crippen MR) is 296 cm³/mol. The maximum atomic E-state index is 13.8. The molecule has 0 aliphatic rings. The molecule has 0 aromatic carbocycles. The Hall–Kier alpha value is -5.26. The van der Waals surface area contributed by atoms with E-state index in [0.29, 0.717) is 0 Å². The number of amides is 6. The third kappa shape index (κ3) is 39.3. The van der Waals surface area contributed by atoms with Crippen LogP contribution in [0.2, 0.25) is 0 Å². The molecule has 0 saturated heterocycles. The highest BCUT2D eigenvalue weighted by Crippen LogP contribution is 2.26.